The Hall–Kier alpha value is -1.99. The van der Waals surface area contributed by atoms with E-state index >= 15 is 0 Å². The van der Waals surface area contributed by atoms with Crippen molar-refractivity contribution in [2.75, 3.05) is 25.0 Å². The van der Waals surface area contributed by atoms with E-state index in [0.717, 1.165) is 49.5 Å². The number of likely N-dealkylation sites (N-methyl/N-ethyl adjacent to an activating group) is 1. The molecule has 4 rings (SSSR count). The second-order valence-electron chi connectivity index (χ2n) is 7.55. The summed E-state index contributed by atoms with van der Waals surface area (Å²) in [4.78, 5) is 27.7. The lowest BCUT2D eigenvalue weighted by molar-refractivity contribution is 0.112. The predicted molar refractivity (Wildman–Crippen MR) is 126 cm³/mol. The summed E-state index contributed by atoms with van der Waals surface area (Å²) >= 11 is 18.4. The summed E-state index contributed by atoms with van der Waals surface area (Å²) in [6.45, 7) is 5.09. The number of aromatic nitrogens is 3. The molecular formula is C22H22Cl3N5O. The van der Waals surface area contributed by atoms with Crippen molar-refractivity contribution in [1.29, 1.82) is 0 Å². The fraction of sp³-hybridized carbons (Fsp3) is 0.364. The molecule has 0 amide bonds. The van der Waals surface area contributed by atoms with E-state index in [1.165, 1.54) is 0 Å². The van der Waals surface area contributed by atoms with Gasteiger partial charge in [0, 0.05) is 23.7 Å². The van der Waals surface area contributed by atoms with Crippen LogP contribution in [0.15, 0.2) is 36.4 Å². The van der Waals surface area contributed by atoms with Gasteiger partial charge in [0.25, 0.3) is 0 Å². The first-order valence-corrected chi connectivity index (χ1v) is 11.3. The van der Waals surface area contributed by atoms with Crippen LogP contribution in [0.5, 0.6) is 0 Å². The second kappa shape index (κ2) is 9.25. The number of fused-ring (bicyclic) bond motifs is 1. The third kappa shape index (κ3) is 4.93. The van der Waals surface area contributed by atoms with Crippen LogP contribution in [0.25, 0.3) is 22.2 Å². The average molecular weight is 479 g/mol. The van der Waals surface area contributed by atoms with E-state index < -0.39 is 3.79 Å². The van der Waals surface area contributed by atoms with Gasteiger partial charge in [0.15, 0.2) is 17.9 Å². The summed E-state index contributed by atoms with van der Waals surface area (Å²) in [5, 5.41) is 5.13. The predicted octanol–water partition coefficient (Wildman–Crippen LogP) is 5.23. The van der Waals surface area contributed by atoms with Gasteiger partial charge in [0.05, 0.1) is 0 Å². The lowest BCUT2D eigenvalue weighted by Gasteiger charge is -2.32. The highest BCUT2D eigenvalue weighted by Gasteiger charge is 2.30. The van der Waals surface area contributed by atoms with Crippen LogP contribution in [0.3, 0.4) is 0 Å². The summed E-state index contributed by atoms with van der Waals surface area (Å²) in [5.41, 5.74) is 1.05. The number of hydrogen-bond donors (Lipinski definition) is 1. The zero-order valence-corrected chi connectivity index (χ0v) is 19.3. The molecular weight excluding hydrogens is 457 g/mol. The Kier molecular flexibility index (Phi) is 6.63. The Morgan fingerprint density at radius 2 is 1.97 bits per heavy atom. The monoisotopic (exact) mass is 477 g/mol. The van der Waals surface area contributed by atoms with Crippen molar-refractivity contribution in [2.45, 2.75) is 29.6 Å². The minimum absolute atomic E-state index is 0.0122. The minimum atomic E-state index is -1.83. The zero-order valence-electron chi connectivity index (χ0n) is 17.0. The number of piperidine rings is 1. The van der Waals surface area contributed by atoms with Gasteiger partial charge in [-0.3, -0.25) is 4.79 Å². The Labute approximate surface area is 195 Å². The molecule has 1 aromatic heterocycles. The first kappa shape index (κ1) is 22.2. The molecule has 0 spiro atoms. The van der Waals surface area contributed by atoms with Crippen LogP contribution < -0.4 is 5.32 Å². The van der Waals surface area contributed by atoms with Gasteiger partial charge in [-0.1, -0.05) is 72.1 Å². The summed E-state index contributed by atoms with van der Waals surface area (Å²) in [5.74, 6) is 0.632. The van der Waals surface area contributed by atoms with Crippen LogP contribution in [0.1, 0.15) is 35.9 Å². The Morgan fingerprint density at radius 1 is 1.16 bits per heavy atom. The summed E-state index contributed by atoms with van der Waals surface area (Å²) < 4.78 is -1.83. The van der Waals surface area contributed by atoms with Crippen molar-refractivity contribution >= 4 is 57.8 Å². The Balaban J connectivity index is 1.78. The SMILES string of the molecule is CCN1CCCC(Nc2nc(-c3ccc4ccccc4c3C=O)nc(C(Cl)(Cl)Cl)n2)C1. The van der Waals surface area contributed by atoms with E-state index in [2.05, 4.69) is 32.1 Å². The highest BCUT2D eigenvalue weighted by atomic mass is 35.6. The number of rotatable bonds is 5. The third-order valence-corrected chi connectivity index (χ3v) is 6.01. The summed E-state index contributed by atoms with van der Waals surface area (Å²) in [6, 6.07) is 11.5. The van der Waals surface area contributed by atoms with Gasteiger partial charge in [-0.25, -0.2) is 4.98 Å². The molecule has 0 saturated carbocycles. The molecule has 2 heterocycles. The normalized spacial score (nSPS) is 17.6. The molecule has 31 heavy (non-hydrogen) atoms. The molecule has 6 nitrogen and oxygen atoms in total. The van der Waals surface area contributed by atoms with Crippen LogP contribution in [0, 0.1) is 0 Å². The van der Waals surface area contributed by atoms with Gasteiger partial charge < -0.3 is 10.2 Å². The van der Waals surface area contributed by atoms with Gasteiger partial charge >= 0.3 is 0 Å². The van der Waals surface area contributed by atoms with Crippen LogP contribution in [0.4, 0.5) is 5.95 Å². The fourth-order valence-electron chi connectivity index (χ4n) is 3.95. The molecule has 1 N–H and O–H groups in total. The number of benzene rings is 2. The number of carbonyl (C=O) groups excluding carboxylic acids is 1. The number of alkyl halides is 3. The summed E-state index contributed by atoms with van der Waals surface area (Å²) in [6.07, 6.45) is 2.89. The molecule has 1 atom stereocenters. The number of carbonyl (C=O) groups is 1. The number of likely N-dealkylation sites (tertiary alicyclic amines) is 1. The smallest absolute Gasteiger partial charge is 0.250 e. The maximum atomic E-state index is 12.0. The fourth-order valence-corrected chi connectivity index (χ4v) is 4.20. The molecule has 1 aliphatic heterocycles. The molecule has 0 bridgehead atoms. The van der Waals surface area contributed by atoms with Crippen molar-refractivity contribution in [1.82, 2.24) is 19.9 Å². The Bertz CT molecular complexity index is 1100. The van der Waals surface area contributed by atoms with Crippen molar-refractivity contribution in [2.24, 2.45) is 0 Å². The van der Waals surface area contributed by atoms with Gasteiger partial charge in [-0.05, 0) is 42.8 Å². The molecule has 1 unspecified atom stereocenters. The van der Waals surface area contributed by atoms with Crippen molar-refractivity contribution < 1.29 is 4.79 Å². The van der Waals surface area contributed by atoms with Crippen molar-refractivity contribution in [3.63, 3.8) is 0 Å². The largest absolute Gasteiger partial charge is 0.350 e. The molecule has 1 fully saturated rings. The third-order valence-electron chi connectivity index (χ3n) is 5.50. The van der Waals surface area contributed by atoms with Gasteiger partial charge in [0.2, 0.25) is 9.74 Å². The molecule has 2 aromatic carbocycles. The van der Waals surface area contributed by atoms with Crippen molar-refractivity contribution in [3.05, 3.63) is 47.8 Å². The molecule has 1 saturated heterocycles. The molecule has 3 aromatic rings. The topological polar surface area (TPSA) is 71.0 Å². The highest BCUT2D eigenvalue weighted by molar-refractivity contribution is 6.66. The molecule has 0 radical (unpaired) electrons. The molecule has 1 aliphatic rings. The average Bonchev–Trinajstić information content (AvgIpc) is 2.77. The lowest BCUT2D eigenvalue weighted by Crippen LogP contribution is -2.42. The van der Waals surface area contributed by atoms with Gasteiger partial charge in [-0.2, -0.15) is 9.97 Å². The van der Waals surface area contributed by atoms with E-state index in [0.29, 0.717) is 17.1 Å². The van der Waals surface area contributed by atoms with E-state index in [-0.39, 0.29) is 17.7 Å². The highest BCUT2D eigenvalue weighted by Crippen LogP contribution is 2.37. The Morgan fingerprint density at radius 3 is 2.71 bits per heavy atom. The molecule has 9 heteroatoms. The van der Waals surface area contributed by atoms with E-state index in [4.69, 9.17) is 34.8 Å². The second-order valence-corrected chi connectivity index (χ2v) is 9.83. The number of hydrogen-bond acceptors (Lipinski definition) is 6. The zero-order chi connectivity index (χ0) is 22.0. The summed E-state index contributed by atoms with van der Waals surface area (Å²) in [7, 11) is 0. The molecule has 162 valence electrons. The standard InChI is InChI=1S/C22H22Cl3N5O/c1-2-30-11-5-7-15(12-30)26-21-28-19(27-20(29-21)22(23,24)25)17-10-9-14-6-3-4-8-16(14)18(17)13-31/h3-4,6,8-10,13,15H,2,5,7,11-12H2,1H3,(H,26,27,28,29). The number of aldehydes is 1. The van der Waals surface area contributed by atoms with Crippen LogP contribution in [-0.2, 0) is 3.79 Å². The maximum Gasteiger partial charge on any atom is 0.250 e. The van der Waals surface area contributed by atoms with E-state index in [1.807, 2.05) is 36.4 Å². The number of nitrogens with one attached hydrogen (secondary N) is 1. The number of anilines is 1. The van der Waals surface area contributed by atoms with Crippen LogP contribution in [-0.4, -0.2) is 51.8 Å². The number of halogens is 3. The molecule has 0 aliphatic carbocycles. The van der Waals surface area contributed by atoms with Crippen LogP contribution >= 0.6 is 34.8 Å². The first-order valence-electron chi connectivity index (χ1n) is 10.2. The maximum absolute atomic E-state index is 12.0. The van der Waals surface area contributed by atoms with E-state index in [1.54, 1.807) is 0 Å². The quantitative estimate of drug-likeness (QED) is 0.400. The minimum Gasteiger partial charge on any atom is -0.350 e. The number of nitrogens with zero attached hydrogens (tertiary/aromatic N) is 4. The van der Waals surface area contributed by atoms with Crippen molar-refractivity contribution in [3.8, 4) is 11.4 Å². The van der Waals surface area contributed by atoms with Crippen LogP contribution in [0.2, 0.25) is 0 Å². The lowest BCUT2D eigenvalue weighted by atomic mass is 9.99. The van der Waals surface area contributed by atoms with E-state index in [9.17, 15) is 4.79 Å². The van der Waals surface area contributed by atoms with Gasteiger partial charge in [0.1, 0.15) is 0 Å². The van der Waals surface area contributed by atoms with Gasteiger partial charge in [-0.15, -0.1) is 0 Å². The first-order chi connectivity index (χ1) is 14.9.